The van der Waals surface area contributed by atoms with E-state index in [1.165, 1.54) is 6.07 Å². The average Bonchev–Trinajstić information content (AvgIpc) is 2.78. The number of hydrogen-bond acceptors (Lipinski definition) is 2. The van der Waals surface area contributed by atoms with Gasteiger partial charge in [0, 0.05) is 14.7 Å². The Kier molecular flexibility index (Phi) is 4.40. The molecule has 1 heterocycles. The normalized spacial score (nSPS) is 14.6. The Morgan fingerprint density at radius 3 is 2.79 bits per heavy atom. The van der Waals surface area contributed by atoms with Gasteiger partial charge >= 0.3 is 5.97 Å². The summed E-state index contributed by atoms with van der Waals surface area (Å²) in [5.74, 6) is -1.58. The van der Waals surface area contributed by atoms with Gasteiger partial charge in [0.25, 0.3) is 5.91 Å². The molecule has 0 saturated carbocycles. The van der Waals surface area contributed by atoms with E-state index in [4.69, 9.17) is 5.11 Å². The van der Waals surface area contributed by atoms with Crippen molar-refractivity contribution < 1.29 is 19.1 Å². The molecule has 0 unspecified atom stereocenters. The van der Waals surface area contributed by atoms with Crippen molar-refractivity contribution in [3.05, 3.63) is 62.0 Å². The lowest BCUT2D eigenvalue weighted by Gasteiger charge is -2.06. The molecule has 0 radical (unpaired) electrons. The van der Waals surface area contributed by atoms with Crippen LogP contribution in [0.25, 0.3) is 11.6 Å². The SMILES string of the molecule is Cc1ccc(/C=C2/C(=O)Nc3cc(F)c(I)cc32)cc1CC(=O)O. The van der Waals surface area contributed by atoms with Crippen LogP contribution in [0.4, 0.5) is 10.1 Å². The highest BCUT2D eigenvalue weighted by Crippen LogP contribution is 2.35. The summed E-state index contributed by atoms with van der Waals surface area (Å²) < 4.78 is 14.1. The molecule has 1 aliphatic rings. The van der Waals surface area contributed by atoms with E-state index in [0.717, 1.165) is 11.1 Å². The minimum atomic E-state index is -0.906. The Bertz CT molecular complexity index is 905. The van der Waals surface area contributed by atoms with Gasteiger partial charge in [-0.15, -0.1) is 0 Å². The molecule has 2 aromatic rings. The molecule has 0 aliphatic carbocycles. The summed E-state index contributed by atoms with van der Waals surface area (Å²) in [6, 6.07) is 8.35. The van der Waals surface area contributed by atoms with Gasteiger partial charge in [0.05, 0.1) is 12.1 Å². The Morgan fingerprint density at radius 2 is 2.08 bits per heavy atom. The zero-order valence-electron chi connectivity index (χ0n) is 12.7. The maximum atomic E-state index is 13.6. The van der Waals surface area contributed by atoms with E-state index in [-0.39, 0.29) is 18.1 Å². The topological polar surface area (TPSA) is 66.4 Å². The summed E-state index contributed by atoms with van der Waals surface area (Å²) in [5, 5.41) is 11.6. The maximum Gasteiger partial charge on any atom is 0.307 e. The standard InChI is InChI=1S/C18H13FINO3/c1-9-2-3-10(4-11(9)6-17(22)23)5-13-12-7-15(20)14(19)8-16(12)21-18(13)24/h2-5,7-8H,6H2,1H3,(H,21,24)(H,22,23)/b13-5+. The molecule has 3 rings (SSSR count). The molecule has 0 spiro atoms. The van der Waals surface area contributed by atoms with Crippen LogP contribution in [0.15, 0.2) is 30.3 Å². The maximum absolute atomic E-state index is 13.6. The molecule has 122 valence electrons. The molecule has 4 nitrogen and oxygen atoms in total. The number of anilines is 1. The van der Waals surface area contributed by atoms with Gasteiger partial charge in [-0.3, -0.25) is 9.59 Å². The number of rotatable bonds is 3. The largest absolute Gasteiger partial charge is 0.481 e. The summed E-state index contributed by atoms with van der Waals surface area (Å²) in [7, 11) is 0. The van der Waals surface area contributed by atoms with E-state index in [0.29, 0.717) is 26.0 Å². The number of hydrogen-bond donors (Lipinski definition) is 2. The molecule has 0 atom stereocenters. The zero-order chi connectivity index (χ0) is 17.4. The number of carbonyl (C=O) groups excluding carboxylic acids is 1. The Labute approximate surface area is 151 Å². The predicted octanol–water partition coefficient (Wildman–Crippen LogP) is 3.86. The van der Waals surface area contributed by atoms with Crippen LogP contribution in [0.5, 0.6) is 0 Å². The van der Waals surface area contributed by atoms with Crippen molar-refractivity contribution >= 4 is 51.8 Å². The Morgan fingerprint density at radius 1 is 1.33 bits per heavy atom. The molecular formula is C18H13FINO3. The third-order valence-corrected chi connectivity index (χ3v) is 4.70. The molecule has 2 N–H and O–H groups in total. The summed E-state index contributed by atoms with van der Waals surface area (Å²) in [4.78, 5) is 23.1. The number of carbonyl (C=O) groups is 2. The number of benzene rings is 2. The van der Waals surface area contributed by atoms with Crippen LogP contribution in [0.3, 0.4) is 0 Å². The van der Waals surface area contributed by atoms with Crippen LogP contribution < -0.4 is 5.32 Å². The lowest BCUT2D eigenvalue weighted by molar-refractivity contribution is -0.136. The van der Waals surface area contributed by atoms with Gasteiger partial charge in [0.1, 0.15) is 5.82 Å². The van der Waals surface area contributed by atoms with E-state index in [2.05, 4.69) is 5.32 Å². The number of carboxylic acids is 1. The van der Waals surface area contributed by atoms with E-state index in [1.54, 1.807) is 18.2 Å². The molecule has 0 fully saturated rings. The molecule has 6 heteroatoms. The Hall–Kier alpha value is -2.22. The minimum absolute atomic E-state index is 0.0747. The lowest BCUT2D eigenvalue weighted by Crippen LogP contribution is -2.04. The fraction of sp³-hybridized carbons (Fsp3) is 0.111. The highest BCUT2D eigenvalue weighted by atomic mass is 127. The molecule has 0 saturated heterocycles. The van der Waals surface area contributed by atoms with Gasteiger partial charge in [0.2, 0.25) is 0 Å². The van der Waals surface area contributed by atoms with Gasteiger partial charge in [0.15, 0.2) is 0 Å². The van der Waals surface area contributed by atoms with Crippen molar-refractivity contribution in [2.45, 2.75) is 13.3 Å². The van der Waals surface area contributed by atoms with Crippen LogP contribution in [0.2, 0.25) is 0 Å². The van der Waals surface area contributed by atoms with Gasteiger partial charge < -0.3 is 10.4 Å². The number of amides is 1. The van der Waals surface area contributed by atoms with Gasteiger partial charge in [-0.1, -0.05) is 18.2 Å². The van der Waals surface area contributed by atoms with Crippen molar-refractivity contribution in [2.75, 3.05) is 5.32 Å². The fourth-order valence-corrected chi connectivity index (χ4v) is 3.10. The monoisotopic (exact) mass is 437 g/mol. The molecule has 1 aliphatic heterocycles. The third-order valence-electron chi connectivity index (χ3n) is 3.87. The number of halogens is 2. The first-order chi connectivity index (χ1) is 11.3. The van der Waals surface area contributed by atoms with E-state index in [1.807, 2.05) is 41.6 Å². The van der Waals surface area contributed by atoms with Crippen molar-refractivity contribution in [2.24, 2.45) is 0 Å². The van der Waals surface area contributed by atoms with Crippen molar-refractivity contribution in [1.29, 1.82) is 0 Å². The minimum Gasteiger partial charge on any atom is -0.481 e. The zero-order valence-corrected chi connectivity index (χ0v) is 14.8. The van der Waals surface area contributed by atoms with Crippen LogP contribution in [-0.4, -0.2) is 17.0 Å². The third kappa shape index (κ3) is 3.19. The van der Waals surface area contributed by atoms with Crippen LogP contribution in [-0.2, 0) is 16.0 Å². The van der Waals surface area contributed by atoms with Gasteiger partial charge in [-0.25, -0.2) is 4.39 Å². The van der Waals surface area contributed by atoms with Crippen molar-refractivity contribution in [1.82, 2.24) is 0 Å². The van der Waals surface area contributed by atoms with Crippen molar-refractivity contribution in [3.8, 4) is 0 Å². The van der Waals surface area contributed by atoms with Crippen LogP contribution in [0, 0.1) is 16.3 Å². The fourth-order valence-electron chi connectivity index (χ4n) is 2.63. The first-order valence-electron chi connectivity index (χ1n) is 7.19. The number of nitrogens with one attached hydrogen (secondary N) is 1. The summed E-state index contributed by atoms with van der Waals surface area (Å²) >= 11 is 1.88. The molecular weight excluding hydrogens is 424 g/mol. The quantitative estimate of drug-likeness (QED) is 0.567. The second-order valence-corrected chi connectivity index (χ2v) is 6.74. The number of aryl methyl sites for hydroxylation is 1. The predicted molar refractivity (Wildman–Crippen MR) is 98.1 cm³/mol. The van der Waals surface area contributed by atoms with E-state index in [9.17, 15) is 14.0 Å². The number of carboxylic acid groups (broad SMARTS) is 1. The highest BCUT2D eigenvalue weighted by molar-refractivity contribution is 14.1. The first-order valence-corrected chi connectivity index (χ1v) is 8.27. The van der Waals surface area contributed by atoms with Crippen LogP contribution in [0.1, 0.15) is 22.3 Å². The van der Waals surface area contributed by atoms with Crippen LogP contribution >= 0.6 is 22.6 Å². The molecule has 1 amide bonds. The second-order valence-electron chi connectivity index (χ2n) is 5.58. The molecule has 0 bridgehead atoms. The summed E-state index contributed by atoms with van der Waals surface area (Å²) in [5.41, 5.74) is 3.84. The molecule has 24 heavy (non-hydrogen) atoms. The number of aliphatic carboxylic acids is 1. The molecule has 2 aromatic carbocycles. The van der Waals surface area contributed by atoms with Gasteiger partial charge in [-0.2, -0.15) is 0 Å². The van der Waals surface area contributed by atoms with Gasteiger partial charge in [-0.05, 0) is 64.4 Å². The highest BCUT2D eigenvalue weighted by Gasteiger charge is 2.25. The van der Waals surface area contributed by atoms with E-state index >= 15 is 0 Å². The number of fused-ring (bicyclic) bond motifs is 1. The smallest absolute Gasteiger partial charge is 0.307 e. The summed E-state index contributed by atoms with van der Waals surface area (Å²) in [6.07, 6.45) is 1.62. The second kappa shape index (κ2) is 6.35. The first kappa shape index (κ1) is 16.6. The lowest BCUT2D eigenvalue weighted by atomic mass is 9.99. The average molecular weight is 437 g/mol. The summed E-state index contributed by atoms with van der Waals surface area (Å²) in [6.45, 7) is 1.85. The Balaban J connectivity index is 2.05. The molecule has 0 aromatic heterocycles. The van der Waals surface area contributed by atoms with E-state index < -0.39 is 5.97 Å². The van der Waals surface area contributed by atoms with Crippen molar-refractivity contribution in [3.63, 3.8) is 0 Å².